The Morgan fingerprint density at radius 3 is 2.93 bits per heavy atom. The summed E-state index contributed by atoms with van der Waals surface area (Å²) in [5, 5.41) is 7.97. The minimum atomic E-state index is 0.488. The van der Waals surface area contributed by atoms with Crippen LogP contribution in [0.2, 0.25) is 0 Å². The second-order valence-corrected chi connectivity index (χ2v) is 3.95. The third-order valence-corrected chi connectivity index (χ3v) is 2.92. The zero-order valence-electron chi connectivity index (χ0n) is 9.15. The summed E-state index contributed by atoms with van der Waals surface area (Å²) in [5.74, 6) is 1.43. The van der Waals surface area contributed by atoms with Gasteiger partial charge in [0.1, 0.15) is 0 Å². The normalized spacial score (nSPS) is 22.4. The predicted octanol–water partition coefficient (Wildman–Crippen LogP) is 0.555. The van der Waals surface area contributed by atoms with Crippen molar-refractivity contribution in [2.45, 2.75) is 38.8 Å². The van der Waals surface area contributed by atoms with Crippen LogP contribution in [-0.4, -0.2) is 34.2 Å². The maximum absolute atomic E-state index is 5.70. The molecule has 1 aromatic heterocycles. The van der Waals surface area contributed by atoms with E-state index < -0.39 is 0 Å². The van der Waals surface area contributed by atoms with Crippen molar-refractivity contribution in [3.63, 3.8) is 0 Å². The molecule has 2 rings (SSSR count). The first-order valence-corrected chi connectivity index (χ1v) is 5.59. The van der Waals surface area contributed by atoms with E-state index in [1.54, 1.807) is 0 Å². The smallest absolute Gasteiger partial charge is 0.230 e. The molecule has 1 atom stereocenters. The third kappa shape index (κ3) is 2.35. The number of nitrogens with two attached hydrogens (primary N) is 1. The van der Waals surface area contributed by atoms with E-state index in [1.165, 1.54) is 12.8 Å². The van der Waals surface area contributed by atoms with Gasteiger partial charge in [0.25, 0.3) is 0 Å². The Morgan fingerprint density at radius 2 is 2.27 bits per heavy atom. The van der Waals surface area contributed by atoms with Crippen molar-refractivity contribution in [2.24, 2.45) is 5.73 Å². The van der Waals surface area contributed by atoms with Crippen molar-refractivity contribution in [3.05, 3.63) is 11.8 Å². The first-order chi connectivity index (χ1) is 7.33. The fraction of sp³-hybridized carbons (Fsp3) is 0.800. The first kappa shape index (κ1) is 10.6. The molecule has 0 aromatic carbocycles. The lowest BCUT2D eigenvalue weighted by Gasteiger charge is -2.20. The third-order valence-electron chi connectivity index (χ3n) is 2.92. The number of aryl methyl sites for hydroxylation is 1. The Morgan fingerprint density at radius 1 is 1.47 bits per heavy atom. The first-order valence-electron chi connectivity index (χ1n) is 5.59. The van der Waals surface area contributed by atoms with Crippen LogP contribution < -0.4 is 5.73 Å². The van der Waals surface area contributed by atoms with Gasteiger partial charge in [-0.2, -0.15) is 0 Å². The molecule has 2 N–H and O–H groups in total. The lowest BCUT2D eigenvalue weighted by molar-refractivity contribution is 0.223. The molecular weight excluding hydrogens is 192 g/mol. The molecule has 0 saturated carbocycles. The molecule has 1 aliphatic rings. The van der Waals surface area contributed by atoms with Gasteiger partial charge in [-0.3, -0.25) is 4.90 Å². The fourth-order valence-corrected chi connectivity index (χ4v) is 2.04. The summed E-state index contributed by atoms with van der Waals surface area (Å²) in [4.78, 5) is 2.33. The van der Waals surface area contributed by atoms with Crippen molar-refractivity contribution in [1.29, 1.82) is 0 Å². The van der Waals surface area contributed by atoms with Gasteiger partial charge in [-0.15, -0.1) is 10.2 Å². The minimum Gasteiger partial charge on any atom is -0.424 e. The highest BCUT2D eigenvalue weighted by atomic mass is 16.4. The maximum Gasteiger partial charge on any atom is 0.230 e. The SMILES string of the molecule is CCc1nnc(CN2CCCC2CN)o1. The molecule has 84 valence electrons. The van der Waals surface area contributed by atoms with Gasteiger partial charge in [0.15, 0.2) is 0 Å². The molecule has 0 bridgehead atoms. The zero-order valence-corrected chi connectivity index (χ0v) is 9.15. The molecule has 0 amide bonds. The predicted molar refractivity (Wildman–Crippen MR) is 56.2 cm³/mol. The van der Waals surface area contributed by atoms with Crippen LogP contribution in [0.1, 0.15) is 31.5 Å². The Labute approximate surface area is 89.6 Å². The van der Waals surface area contributed by atoms with E-state index in [1.807, 2.05) is 6.92 Å². The van der Waals surface area contributed by atoms with Gasteiger partial charge in [-0.1, -0.05) is 6.92 Å². The van der Waals surface area contributed by atoms with Crippen molar-refractivity contribution < 1.29 is 4.42 Å². The van der Waals surface area contributed by atoms with E-state index in [4.69, 9.17) is 10.2 Å². The van der Waals surface area contributed by atoms with E-state index in [9.17, 15) is 0 Å². The van der Waals surface area contributed by atoms with Crippen LogP contribution in [0, 0.1) is 0 Å². The van der Waals surface area contributed by atoms with E-state index in [2.05, 4.69) is 15.1 Å². The fourth-order valence-electron chi connectivity index (χ4n) is 2.04. The number of nitrogens with zero attached hydrogens (tertiary/aromatic N) is 3. The summed E-state index contributed by atoms with van der Waals surface area (Å²) in [6.45, 7) is 4.56. The van der Waals surface area contributed by atoms with Crippen molar-refractivity contribution in [3.8, 4) is 0 Å². The standard InChI is InChI=1S/C10H18N4O/c1-2-9-12-13-10(15-9)7-14-5-3-4-8(14)6-11/h8H,2-7,11H2,1H3. The molecular formula is C10H18N4O. The van der Waals surface area contributed by atoms with Crippen molar-refractivity contribution >= 4 is 0 Å². The topological polar surface area (TPSA) is 68.2 Å². The Kier molecular flexibility index (Phi) is 3.33. The van der Waals surface area contributed by atoms with Crippen LogP contribution in [0.3, 0.4) is 0 Å². The number of hydrogen-bond donors (Lipinski definition) is 1. The Hall–Kier alpha value is -0.940. The minimum absolute atomic E-state index is 0.488. The van der Waals surface area contributed by atoms with Gasteiger partial charge >= 0.3 is 0 Å². The second kappa shape index (κ2) is 4.72. The highest BCUT2D eigenvalue weighted by Gasteiger charge is 2.24. The largest absolute Gasteiger partial charge is 0.424 e. The highest BCUT2D eigenvalue weighted by molar-refractivity contribution is 4.86. The lowest BCUT2D eigenvalue weighted by Crippen LogP contribution is -2.34. The van der Waals surface area contributed by atoms with Gasteiger partial charge in [-0.25, -0.2) is 0 Å². The summed E-state index contributed by atoms with van der Waals surface area (Å²) < 4.78 is 5.48. The molecule has 0 aliphatic carbocycles. The van der Waals surface area contributed by atoms with Gasteiger partial charge in [-0.05, 0) is 19.4 Å². The van der Waals surface area contributed by atoms with Crippen LogP contribution in [0.15, 0.2) is 4.42 Å². The number of hydrogen-bond acceptors (Lipinski definition) is 5. The molecule has 1 fully saturated rings. The van der Waals surface area contributed by atoms with Crippen LogP contribution in [0.4, 0.5) is 0 Å². The van der Waals surface area contributed by atoms with E-state index >= 15 is 0 Å². The van der Waals surface area contributed by atoms with E-state index in [-0.39, 0.29) is 0 Å². The summed E-state index contributed by atoms with van der Waals surface area (Å²) in [6, 6.07) is 0.488. The Balaban J connectivity index is 1.95. The molecule has 2 heterocycles. The van der Waals surface area contributed by atoms with E-state index in [0.717, 1.165) is 26.1 Å². The highest BCUT2D eigenvalue weighted by Crippen LogP contribution is 2.18. The molecule has 15 heavy (non-hydrogen) atoms. The average Bonchev–Trinajstić information content (AvgIpc) is 2.87. The van der Waals surface area contributed by atoms with Gasteiger partial charge < -0.3 is 10.2 Å². The van der Waals surface area contributed by atoms with Crippen LogP contribution in [0.5, 0.6) is 0 Å². The molecule has 0 radical (unpaired) electrons. The van der Waals surface area contributed by atoms with Crippen LogP contribution in [0.25, 0.3) is 0 Å². The van der Waals surface area contributed by atoms with Crippen molar-refractivity contribution in [2.75, 3.05) is 13.1 Å². The lowest BCUT2D eigenvalue weighted by atomic mass is 10.2. The monoisotopic (exact) mass is 210 g/mol. The summed E-state index contributed by atoms with van der Waals surface area (Å²) >= 11 is 0. The van der Waals surface area contributed by atoms with Crippen molar-refractivity contribution in [1.82, 2.24) is 15.1 Å². The molecule has 1 aromatic rings. The van der Waals surface area contributed by atoms with Gasteiger partial charge in [0.2, 0.25) is 11.8 Å². The quantitative estimate of drug-likeness (QED) is 0.786. The molecule has 1 aliphatic heterocycles. The summed E-state index contributed by atoms with van der Waals surface area (Å²) in [6.07, 6.45) is 3.20. The number of likely N-dealkylation sites (tertiary alicyclic amines) is 1. The molecule has 5 heteroatoms. The molecule has 5 nitrogen and oxygen atoms in total. The summed E-state index contributed by atoms with van der Waals surface area (Å²) in [7, 11) is 0. The average molecular weight is 210 g/mol. The van der Waals surface area contributed by atoms with E-state index in [0.29, 0.717) is 17.8 Å². The maximum atomic E-state index is 5.70. The van der Waals surface area contributed by atoms with Gasteiger partial charge in [0, 0.05) is 19.0 Å². The van der Waals surface area contributed by atoms with Crippen LogP contribution >= 0.6 is 0 Å². The van der Waals surface area contributed by atoms with Crippen LogP contribution in [-0.2, 0) is 13.0 Å². The number of aromatic nitrogens is 2. The molecule has 1 saturated heterocycles. The number of rotatable bonds is 4. The molecule has 1 unspecified atom stereocenters. The summed E-state index contributed by atoms with van der Waals surface area (Å²) in [5.41, 5.74) is 5.70. The van der Waals surface area contributed by atoms with Gasteiger partial charge in [0.05, 0.1) is 6.54 Å². The molecule has 0 spiro atoms. The second-order valence-electron chi connectivity index (χ2n) is 3.95. The Bertz CT molecular complexity index is 312. The zero-order chi connectivity index (χ0) is 10.7.